The van der Waals surface area contributed by atoms with E-state index >= 15 is 0 Å². The molecule has 17 heavy (non-hydrogen) atoms. The third-order valence-electron chi connectivity index (χ3n) is 1.97. The van der Waals surface area contributed by atoms with Gasteiger partial charge in [-0.25, -0.2) is 14.3 Å². The van der Waals surface area contributed by atoms with Crippen LogP contribution in [0.1, 0.15) is 31.1 Å². The molecule has 0 aromatic carbocycles. The molecule has 6 heteroatoms. The van der Waals surface area contributed by atoms with E-state index in [0.29, 0.717) is 11.2 Å². The van der Waals surface area contributed by atoms with Gasteiger partial charge in [0.2, 0.25) is 0 Å². The van der Waals surface area contributed by atoms with E-state index in [2.05, 4.69) is 26.0 Å². The Bertz CT molecular complexity index is 572. The summed E-state index contributed by atoms with van der Waals surface area (Å²) in [4.78, 5) is 16.0. The summed E-state index contributed by atoms with van der Waals surface area (Å²) in [5, 5.41) is 4.08. The first kappa shape index (κ1) is 12.0. The van der Waals surface area contributed by atoms with E-state index in [1.807, 2.05) is 20.8 Å². The van der Waals surface area contributed by atoms with Crippen molar-refractivity contribution in [2.75, 3.05) is 0 Å². The van der Waals surface area contributed by atoms with Gasteiger partial charge in [-0.3, -0.25) is 0 Å². The Labute approximate surface area is 107 Å². The van der Waals surface area contributed by atoms with Crippen LogP contribution >= 0.6 is 15.9 Å². The molecule has 2 aromatic heterocycles. The van der Waals surface area contributed by atoms with Crippen molar-refractivity contribution in [3.8, 4) is 0 Å². The Kier molecular flexibility index (Phi) is 2.91. The van der Waals surface area contributed by atoms with Crippen LogP contribution in [0.15, 0.2) is 23.1 Å². The number of halogens is 1. The maximum atomic E-state index is 11.9. The lowest BCUT2D eigenvalue weighted by molar-refractivity contribution is 0.00716. The first-order valence-electron chi connectivity index (χ1n) is 5.10. The molecule has 2 aromatic rings. The van der Waals surface area contributed by atoms with Gasteiger partial charge >= 0.3 is 5.97 Å². The minimum absolute atomic E-state index is 0.362. The fourth-order valence-corrected chi connectivity index (χ4v) is 1.72. The topological polar surface area (TPSA) is 56.5 Å². The average molecular weight is 298 g/mol. The predicted octanol–water partition coefficient (Wildman–Crippen LogP) is 2.45. The monoisotopic (exact) mass is 297 g/mol. The van der Waals surface area contributed by atoms with Crippen LogP contribution in [0.5, 0.6) is 0 Å². The Morgan fingerprint density at radius 3 is 2.82 bits per heavy atom. The number of hydrogen-bond donors (Lipinski definition) is 0. The molecule has 0 saturated carbocycles. The summed E-state index contributed by atoms with van der Waals surface area (Å²) in [6.07, 6.45) is 3.07. The number of carbonyl (C=O) groups is 1. The molecular weight excluding hydrogens is 286 g/mol. The van der Waals surface area contributed by atoms with E-state index in [1.165, 1.54) is 6.20 Å². The number of hydrogen-bond acceptors (Lipinski definition) is 4. The smallest absolute Gasteiger partial charge is 0.344 e. The molecule has 0 spiro atoms. The predicted molar refractivity (Wildman–Crippen MR) is 65.9 cm³/mol. The quantitative estimate of drug-likeness (QED) is 0.599. The second kappa shape index (κ2) is 4.10. The van der Waals surface area contributed by atoms with Crippen molar-refractivity contribution in [1.82, 2.24) is 14.6 Å². The molecule has 90 valence electrons. The zero-order valence-electron chi connectivity index (χ0n) is 9.77. The molecular formula is C11H12BrN3O2. The lowest BCUT2D eigenvalue weighted by Gasteiger charge is -2.18. The van der Waals surface area contributed by atoms with Gasteiger partial charge < -0.3 is 4.74 Å². The Morgan fingerprint density at radius 1 is 1.47 bits per heavy atom. The summed E-state index contributed by atoms with van der Waals surface area (Å²) in [6.45, 7) is 5.46. The van der Waals surface area contributed by atoms with Crippen molar-refractivity contribution < 1.29 is 9.53 Å². The lowest BCUT2D eigenvalue weighted by atomic mass is 10.2. The highest BCUT2D eigenvalue weighted by Crippen LogP contribution is 2.17. The van der Waals surface area contributed by atoms with Crippen molar-refractivity contribution >= 4 is 27.5 Å². The number of nitrogens with zero attached hydrogens (tertiary/aromatic N) is 3. The van der Waals surface area contributed by atoms with Crippen LogP contribution in [-0.4, -0.2) is 26.2 Å². The van der Waals surface area contributed by atoms with E-state index in [0.717, 1.165) is 4.60 Å². The van der Waals surface area contributed by atoms with Gasteiger partial charge in [-0.1, -0.05) is 0 Å². The molecule has 0 aliphatic rings. The van der Waals surface area contributed by atoms with Crippen molar-refractivity contribution in [2.45, 2.75) is 26.4 Å². The SMILES string of the molecule is CC(C)(C)OC(=O)c1cnn2c(Br)ccnc12. The summed E-state index contributed by atoms with van der Waals surface area (Å²) in [6, 6.07) is 1.75. The first-order chi connectivity index (χ1) is 7.88. The summed E-state index contributed by atoms with van der Waals surface area (Å²) < 4.78 is 7.56. The molecule has 2 heterocycles. The van der Waals surface area contributed by atoms with Gasteiger partial charge in [-0.15, -0.1) is 0 Å². The van der Waals surface area contributed by atoms with Crippen LogP contribution in [0, 0.1) is 0 Å². The zero-order chi connectivity index (χ0) is 12.6. The molecule has 0 N–H and O–H groups in total. The lowest BCUT2D eigenvalue weighted by Crippen LogP contribution is -2.23. The summed E-state index contributed by atoms with van der Waals surface area (Å²) in [5.74, 6) is -0.418. The Morgan fingerprint density at radius 2 is 2.18 bits per heavy atom. The molecule has 0 radical (unpaired) electrons. The van der Waals surface area contributed by atoms with Gasteiger partial charge in [0.15, 0.2) is 5.65 Å². The van der Waals surface area contributed by atoms with Gasteiger partial charge in [-0.2, -0.15) is 5.10 Å². The minimum atomic E-state index is -0.530. The highest BCUT2D eigenvalue weighted by Gasteiger charge is 2.22. The molecule has 2 rings (SSSR count). The van der Waals surface area contributed by atoms with Gasteiger partial charge in [0.05, 0.1) is 6.20 Å². The Hall–Kier alpha value is -1.43. The second-order valence-corrected chi connectivity index (χ2v) is 5.38. The summed E-state index contributed by atoms with van der Waals surface area (Å²) in [7, 11) is 0. The molecule has 0 amide bonds. The normalized spacial score (nSPS) is 11.8. The molecule has 0 bridgehead atoms. The molecule has 0 unspecified atom stereocenters. The standard InChI is InChI=1S/C11H12BrN3O2/c1-11(2,3)17-10(16)7-6-14-15-8(12)4-5-13-9(7)15/h4-6H,1-3H3. The van der Waals surface area contributed by atoms with E-state index < -0.39 is 11.6 Å². The van der Waals surface area contributed by atoms with E-state index in [9.17, 15) is 4.79 Å². The molecule has 5 nitrogen and oxygen atoms in total. The van der Waals surface area contributed by atoms with Crippen LogP contribution in [0.3, 0.4) is 0 Å². The van der Waals surface area contributed by atoms with Crippen molar-refractivity contribution in [1.29, 1.82) is 0 Å². The number of aromatic nitrogens is 3. The molecule has 0 aliphatic heterocycles. The van der Waals surface area contributed by atoms with E-state index in [4.69, 9.17) is 4.74 Å². The maximum absolute atomic E-state index is 11.9. The fraction of sp³-hybridized carbons (Fsp3) is 0.364. The third kappa shape index (κ3) is 2.46. The second-order valence-electron chi connectivity index (χ2n) is 4.56. The van der Waals surface area contributed by atoms with Crippen molar-refractivity contribution in [2.24, 2.45) is 0 Å². The maximum Gasteiger partial charge on any atom is 0.344 e. The van der Waals surface area contributed by atoms with Gasteiger partial charge in [0.25, 0.3) is 0 Å². The average Bonchev–Trinajstić information content (AvgIpc) is 2.60. The number of fused-ring (bicyclic) bond motifs is 1. The van der Waals surface area contributed by atoms with Gasteiger partial charge in [-0.05, 0) is 42.8 Å². The third-order valence-corrected chi connectivity index (χ3v) is 2.57. The number of carbonyl (C=O) groups excluding carboxylic acids is 1. The molecule has 0 atom stereocenters. The highest BCUT2D eigenvalue weighted by atomic mass is 79.9. The Balaban J connectivity index is 2.43. The van der Waals surface area contributed by atoms with Crippen LogP contribution in [0.25, 0.3) is 5.65 Å². The van der Waals surface area contributed by atoms with Gasteiger partial charge in [0.1, 0.15) is 15.8 Å². The van der Waals surface area contributed by atoms with E-state index in [1.54, 1.807) is 16.8 Å². The minimum Gasteiger partial charge on any atom is -0.456 e. The van der Waals surface area contributed by atoms with Crippen molar-refractivity contribution in [3.05, 3.63) is 28.6 Å². The molecule has 0 aliphatic carbocycles. The molecule has 0 fully saturated rings. The van der Waals surface area contributed by atoms with Crippen LogP contribution in [0.2, 0.25) is 0 Å². The van der Waals surface area contributed by atoms with Gasteiger partial charge in [0, 0.05) is 6.20 Å². The number of ether oxygens (including phenoxy) is 1. The fourth-order valence-electron chi connectivity index (χ4n) is 1.34. The first-order valence-corrected chi connectivity index (χ1v) is 5.89. The summed E-state index contributed by atoms with van der Waals surface area (Å²) >= 11 is 3.33. The van der Waals surface area contributed by atoms with Crippen LogP contribution in [0.4, 0.5) is 0 Å². The molecule has 0 saturated heterocycles. The highest BCUT2D eigenvalue weighted by molar-refractivity contribution is 9.10. The zero-order valence-corrected chi connectivity index (χ0v) is 11.4. The van der Waals surface area contributed by atoms with Crippen LogP contribution < -0.4 is 0 Å². The largest absolute Gasteiger partial charge is 0.456 e. The van der Waals surface area contributed by atoms with Crippen molar-refractivity contribution in [3.63, 3.8) is 0 Å². The van der Waals surface area contributed by atoms with Crippen LogP contribution in [-0.2, 0) is 4.74 Å². The van der Waals surface area contributed by atoms with E-state index in [-0.39, 0.29) is 0 Å². The summed E-state index contributed by atoms with van der Waals surface area (Å²) in [5.41, 5.74) is 0.312. The number of esters is 1. The number of rotatable bonds is 1.